The summed E-state index contributed by atoms with van der Waals surface area (Å²) in [6.45, 7) is 4.70. The third-order valence-corrected chi connectivity index (χ3v) is 9.88. The third-order valence-electron chi connectivity index (χ3n) is 9.16. The average molecular weight is 351 g/mol. The van der Waals surface area contributed by atoms with Crippen molar-refractivity contribution < 1.29 is 9.90 Å². The zero-order valence-electron chi connectivity index (χ0n) is 15.6. The van der Waals surface area contributed by atoms with Crippen LogP contribution in [-0.2, 0) is 4.79 Å². The summed E-state index contributed by atoms with van der Waals surface area (Å²) in [5, 5.41) is 11.4. The Labute approximate surface area is 151 Å². The summed E-state index contributed by atoms with van der Waals surface area (Å²) >= 11 is 1.91. The quantitative estimate of drug-likeness (QED) is 0.759. The van der Waals surface area contributed by atoms with Gasteiger partial charge in [0.1, 0.15) is 6.29 Å². The van der Waals surface area contributed by atoms with E-state index in [1.165, 1.54) is 38.4 Å². The van der Waals surface area contributed by atoms with Gasteiger partial charge in [0.15, 0.2) is 0 Å². The molecule has 8 atom stereocenters. The molecular weight excluding hydrogens is 316 g/mol. The fourth-order valence-corrected chi connectivity index (χ4v) is 8.93. The summed E-state index contributed by atoms with van der Waals surface area (Å²) in [6, 6.07) is 0. The number of aliphatic hydroxyl groups is 1. The second-order valence-electron chi connectivity index (χ2n) is 9.96. The molecule has 5 rings (SSSR count). The Hall–Kier alpha value is -0.0200. The van der Waals surface area contributed by atoms with Crippen molar-refractivity contribution >= 4 is 18.0 Å². The van der Waals surface area contributed by atoms with Crippen LogP contribution < -0.4 is 0 Å². The first-order valence-corrected chi connectivity index (χ1v) is 11.4. The maximum atomic E-state index is 11.9. The fourth-order valence-electron chi connectivity index (χ4n) is 8.09. The summed E-state index contributed by atoms with van der Waals surface area (Å²) in [6.07, 6.45) is 13.0. The minimum Gasteiger partial charge on any atom is -0.392 e. The zero-order valence-corrected chi connectivity index (χ0v) is 16.4. The van der Waals surface area contributed by atoms with Crippen LogP contribution in [0.25, 0.3) is 0 Å². The van der Waals surface area contributed by atoms with Crippen LogP contribution in [0.15, 0.2) is 0 Å². The monoisotopic (exact) mass is 350 g/mol. The van der Waals surface area contributed by atoms with Gasteiger partial charge in [0, 0.05) is 5.41 Å². The number of thioether (sulfide) groups is 1. The Morgan fingerprint density at radius 2 is 1.88 bits per heavy atom. The van der Waals surface area contributed by atoms with E-state index in [0.717, 1.165) is 25.0 Å². The number of hydrogen-bond acceptors (Lipinski definition) is 3. The molecule has 0 aromatic heterocycles. The van der Waals surface area contributed by atoms with Gasteiger partial charge in [0.25, 0.3) is 0 Å². The van der Waals surface area contributed by atoms with E-state index in [1.54, 1.807) is 0 Å². The lowest BCUT2D eigenvalue weighted by atomic mass is 9.36. The number of fused-ring (bicyclic) bond motifs is 3. The van der Waals surface area contributed by atoms with Gasteiger partial charge in [-0.1, -0.05) is 20.3 Å². The molecule has 0 aliphatic heterocycles. The second kappa shape index (κ2) is 5.74. The molecule has 136 valence electrons. The van der Waals surface area contributed by atoms with Crippen LogP contribution in [0, 0.1) is 39.9 Å². The Morgan fingerprint density at radius 3 is 2.58 bits per heavy atom. The van der Waals surface area contributed by atoms with Gasteiger partial charge in [0.2, 0.25) is 0 Å². The molecule has 0 aromatic carbocycles. The van der Waals surface area contributed by atoms with E-state index in [4.69, 9.17) is 0 Å². The Kier molecular flexibility index (Phi) is 4.16. The number of rotatable bonds is 3. The smallest absolute Gasteiger partial charge is 0.126 e. The maximum absolute atomic E-state index is 11.9. The topological polar surface area (TPSA) is 37.3 Å². The van der Waals surface area contributed by atoms with Gasteiger partial charge < -0.3 is 9.90 Å². The van der Waals surface area contributed by atoms with E-state index < -0.39 is 0 Å². The van der Waals surface area contributed by atoms with Crippen molar-refractivity contribution in [1.82, 2.24) is 0 Å². The SMILES string of the molecule is CSC[C@H]1[C@H]2CC[C@@]3(CC[C@H]4[C@@](C)(CCC[C@@]4(C)C=O)[C@@H]3C2)[C@@H]1O. The van der Waals surface area contributed by atoms with Crippen molar-refractivity contribution in [1.29, 1.82) is 0 Å². The molecule has 1 N–H and O–H groups in total. The molecule has 2 bridgehead atoms. The largest absolute Gasteiger partial charge is 0.392 e. The van der Waals surface area contributed by atoms with Gasteiger partial charge in [0.05, 0.1) is 6.10 Å². The summed E-state index contributed by atoms with van der Waals surface area (Å²) in [4.78, 5) is 11.9. The van der Waals surface area contributed by atoms with Crippen LogP contribution in [0.3, 0.4) is 0 Å². The average Bonchev–Trinajstić information content (AvgIpc) is 2.58. The van der Waals surface area contributed by atoms with Crippen LogP contribution in [-0.4, -0.2) is 29.5 Å². The number of carbonyl (C=O) groups is 1. The van der Waals surface area contributed by atoms with Gasteiger partial charge in [-0.15, -0.1) is 0 Å². The normalized spacial score (nSPS) is 56.4. The number of carbonyl (C=O) groups excluding carboxylic acids is 1. The van der Waals surface area contributed by atoms with Gasteiger partial charge >= 0.3 is 0 Å². The van der Waals surface area contributed by atoms with Gasteiger partial charge in [-0.05, 0) is 91.5 Å². The molecule has 5 saturated carbocycles. The summed E-state index contributed by atoms with van der Waals surface area (Å²) in [7, 11) is 0. The van der Waals surface area contributed by atoms with Gasteiger partial charge in [-0.2, -0.15) is 11.8 Å². The summed E-state index contributed by atoms with van der Waals surface area (Å²) in [5.41, 5.74) is 0.284. The molecule has 5 aliphatic carbocycles. The second-order valence-corrected chi connectivity index (χ2v) is 10.9. The van der Waals surface area contributed by atoms with Gasteiger partial charge in [-0.3, -0.25) is 0 Å². The Balaban J connectivity index is 1.71. The van der Waals surface area contributed by atoms with E-state index >= 15 is 0 Å². The van der Waals surface area contributed by atoms with Crippen molar-refractivity contribution in [3.05, 3.63) is 0 Å². The van der Waals surface area contributed by atoms with Crippen molar-refractivity contribution in [2.24, 2.45) is 39.9 Å². The van der Waals surface area contributed by atoms with E-state index in [1.807, 2.05) is 11.8 Å². The molecule has 5 fully saturated rings. The highest BCUT2D eigenvalue weighted by Crippen LogP contribution is 2.72. The zero-order chi connectivity index (χ0) is 17.2. The van der Waals surface area contributed by atoms with Crippen LogP contribution in [0.5, 0.6) is 0 Å². The molecule has 24 heavy (non-hydrogen) atoms. The Bertz CT molecular complexity index is 522. The maximum Gasteiger partial charge on any atom is 0.126 e. The predicted molar refractivity (Wildman–Crippen MR) is 100.0 cm³/mol. The lowest BCUT2D eigenvalue weighted by Gasteiger charge is -2.70. The van der Waals surface area contributed by atoms with Crippen LogP contribution >= 0.6 is 11.8 Å². The molecule has 3 heteroatoms. The lowest BCUT2D eigenvalue weighted by molar-refractivity contribution is -0.237. The minimum atomic E-state index is -0.130. The first-order chi connectivity index (χ1) is 11.4. The van der Waals surface area contributed by atoms with Gasteiger partial charge in [-0.25, -0.2) is 0 Å². The van der Waals surface area contributed by atoms with Crippen molar-refractivity contribution in [2.75, 3.05) is 12.0 Å². The third kappa shape index (κ3) is 2.09. The summed E-state index contributed by atoms with van der Waals surface area (Å²) < 4.78 is 0. The standard InChI is InChI=1S/C21H34O2S/c1-19(13-22)7-4-8-20(2)16(19)6-10-21-9-5-14(11-17(20)21)15(12-24-3)18(21)23/h13-18,23H,4-12H2,1-3H3/t14-,15-,16+,17-,18+,19-,20+,21-/m0/s1. The van der Waals surface area contributed by atoms with E-state index in [-0.39, 0.29) is 22.3 Å². The highest BCUT2D eigenvalue weighted by Gasteiger charge is 2.67. The molecule has 0 saturated heterocycles. The van der Waals surface area contributed by atoms with Crippen LogP contribution in [0.2, 0.25) is 0 Å². The number of aliphatic hydroxyl groups excluding tert-OH is 1. The Morgan fingerprint density at radius 1 is 1.12 bits per heavy atom. The minimum absolute atomic E-state index is 0.107. The molecule has 1 spiro atoms. The molecule has 5 aliphatic rings. The van der Waals surface area contributed by atoms with E-state index in [9.17, 15) is 9.90 Å². The van der Waals surface area contributed by atoms with Crippen LogP contribution in [0.1, 0.15) is 65.2 Å². The molecule has 0 unspecified atom stereocenters. The molecular formula is C21H34O2S. The number of hydrogen-bond donors (Lipinski definition) is 1. The van der Waals surface area contributed by atoms with Crippen molar-refractivity contribution in [3.63, 3.8) is 0 Å². The van der Waals surface area contributed by atoms with Crippen molar-refractivity contribution in [3.8, 4) is 0 Å². The van der Waals surface area contributed by atoms with E-state index in [2.05, 4.69) is 20.1 Å². The molecule has 0 heterocycles. The first-order valence-electron chi connectivity index (χ1n) is 10.0. The predicted octanol–water partition coefficient (Wildman–Crippen LogP) is 4.55. The molecule has 0 aromatic rings. The summed E-state index contributed by atoms with van der Waals surface area (Å²) in [5.74, 6) is 3.49. The highest BCUT2D eigenvalue weighted by atomic mass is 32.2. The molecule has 0 amide bonds. The van der Waals surface area contributed by atoms with E-state index in [0.29, 0.717) is 23.7 Å². The van der Waals surface area contributed by atoms with Crippen LogP contribution in [0.4, 0.5) is 0 Å². The molecule has 0 radical (unpaired) electrons. The lowest BCUT2D eigenvalue weighted by Crippen LogP contribution is -2.66. The number of aldehydes is 1. The molecule has 2 nitrogen and oxygen atoms in total. The highest BCUT2D eigenvalue weighted by molar-refractivity contribution is 7.98. The van der Waals surface area contributed by atoms with Crippen molar-refractivity contribution in [2.45, 2.75) is 71.3 Å². The fraction of sp³-hybridized carbons (Fsp3) is 0.952. The first kappa shape index (κ1) is 17.4.